The minimum Gasteiger partial charge on any atom is -0.481 e. The van der Waals surface area contributed by atoms with Crippen LogP contribution in [0.1, 0.15) is 121 Å². The van der Waals surface area contributed by atoms with Gasteiger partial charge in [0.05, 0.1) is 31.8 Å². The molecule has 0 unspecified atom stereocenters. The molecule has 4 aliphatic carbocycles. The van der Waals surface area contributed by atoms with Crippen molar-refractivity contribution in [1.82, 2.24) is 5.32 Å². The molecular formula is C40H69NO5. The SMILES string of the molecule is CC(C)[C@@H](C)[C@@]1(C)CC[C@]2(C)[C@H]3CC[C@@H]4[C@@]5(COC[C@]4(C)[C@@H](OC[C@](C)(NCCCO)C(C)C)[C@H](C)C5)C3=CC[C@@]2(C)[C@@H]1C(=O)O. The number of carboxylic acids is 1. The van der Waals surface area contributed by atoms with Gasteiger partial charge in [-0.2, -0.15) is 0 Å². The molecule has 0 aromatic carbocycles. The Hall–Kier alpha value is -0.950. The van der Waals surface area contributed by atoms with Crippen molar-refractivity contribution in [2.75, 3.05) is 33.0 Å². The van der Waals surface area contributed by atoms with Crippen LogP contribution in [-0.2, 0) is 14.3 Å². The van der Waals surface area contributed by atoms with Crippen molar-refractivity contribution in [1.29, 1.82) is 0 Å². The first-order valence-corrected chi connectivity index (χ1v) is 18.9. The molecule has 5 aliphatic rings. The van der Waals surface area contributed by atoms with Crippen molar-refractivity contribution < 1.29 is 24.5 Å². The highest BCUT2D eigenvalue weighted by molar-refractivity contribution is 5.73. The summed E-state index contributed by atoms with van der Waals surface area (Å²) in [6, 6.07) is 0. The van der Waals surface area contributed by atoms with Gasteiger partial charge in [0.25, 0.3) is 0 Å². The molecule has 1 saturated heterocycles. The molecule has 6 heteroatoms. The normalized spacial score (nSPS) is 45.7. The highest BCUT2D eigenvalue weighted by atomic mass is 16.5. The fourth-order valence-corrected chi connectivity index (χ4v) is 12.5. The largest absolute Gasteiger partial charge is 0.481 e. The summed E-state index contributed by atoms with van der Waals surface area (Å²) < 4.78 is 13.7. The molecule has 0 radical (unpaired) electrons. The number of fused-ring (bicyclic) bond motifs is 3. The fraction of sp³-hybridized carbons (Fsp3) is 0.925. The molecule has 0 spiro atoms. The summed E-state index contributed by atoms with van der Waals surface area (Å²) in [6.07, 6.45) is 9.72. The molecule has 4 fully saturated rings. The van der Waals surface area contributed by atoms with Gasteiger partial charge in [-0.15, -0.1) is 0 Å². The van der Waals surface area contributed by atoms with E-state index >= 15 is 0 Å². The number of nitrogens with one attached hydrogen (secondary N) is 1. The Morgan fingerprint density at radius 3 is 2.39 bits per heavy atom. The van der Waals surface area contributed by atoms with E-state index in [2.05, 4.69) is 87.6 Å². The van der Waals surface area contributed by atoms with Crippen molar-refractivity contribution in [3.8, 4) is 0 Å². The average molecular weight is 644 g/mol. The highest BCUT2D eigenvalue weighted by Crippen LogP contribution is 2.75. The molecule has 0 aromatic heterocycles. The number of aliphatic hydroxyl groups is 1. The third kappa shape index (κ3) is 5.19. The van der Waals surface area contributed by atoms with Crippen LogP contribution < -0.4 is 5.32 Å². The number of carboxylic acid groups (broad SMARTS) is 1. The summed E-state index contributed by atoms with van der Waals surface area (Å²) in [5.74, 6) is 1.55. The van der Waals surface area contributed by atoms with Gasteiger partial charge >= 0.3 is 5.97 Å². The minimum atomic E-state index is -0.591. The maximum Gasteiger partial charge on any atom is 0.307 e. The predicted molar refractivity (Wildman–Crippen MR) is 185 cm³/mol. The van der Waals surface area contributed by atoms with E-state index in [0.717, 1.165) is 64.7 Å². The van der Waals surface area contributed by atoms with Crippen LogP contribution in [0, 0.1) is 68.5 Å². The maximum absolute atomic E-state index is 13.4. The van der Waals surface area contributed by atoms with Gasteiger partial charge in [-0.25, -0.2) is 0 Å². The molecular weight excluding hydrogens is 574 g/mol. The summed E-state index contributed by atoms with van der Waals surface area (Å²) in [5.41, 5.74) is 0.812. The second-order valence-electron chi connectivity index (χ2n) is 18.8. The Morgan fingerprint density at radius 2 is 1.78 bits per heavy atom. The average Bonchev–Trinajstić information content (AvgIpc) is 2.96. The summed E-state index contributed by atoms with van der Waals surface area (Å²) in [5, 5.41) is 24.1. The van der Waals surface area contributed by atoms with Gasteiger partial charge in [-0.05, 0) is 110 Å². The molecule has 46 heavy (non-hydrogen) atoms. The molecule has 1 heterocycles. The topological polar surface area (TPSA) is 88.0 Å². The zero-order valence-electron chi connectivity index (χ0n) is 31.3. The number of aliphatic carboxylic acids is 1. The summed E-state index contributed by atoms with van der Waals surface area (Å²) >= 11 is 0. The standard InChI is InChI=1S/C40H69NO5/c1-25(2)28(6)35(7)17-18-37(9)29-13-14-31-36(8)22-45-24-40(31,30(29)15-16-38(37,10)32(35)34(43)44)21-27(5)33(36)46-23-39(11,26(3)4)41-19-12-20-42/h15,25-29,31-33,41-42H,12-14,16-24H2,1-11H3,(H,43,44)/t27-,28-,29+,31+,32-,33+,35-,36+,37-,38+,39+,40+/m1/s1. The molecule has 3 saturated carbocycles. The Balaban J connectivity index is 1.48. The maximum atomic E-state index is 13.4. The summed E-state index contributed by atoms with van der Waals surface area (Å²) in [4.78, 5) is 13.4. The highest BCUT2D eigenvalue weighted by Gasteiger charge is 2.71. The quantitative estimate of drug-likeness (QED) is 0.156. The molecule has 0 amide bonds. The smallest absolute Gasteiger partial charge is 0.307 e. The van der Waals surface area contributed by atoms with Gasteiger partial charge in [-0.3, -0.25) is 4.79 Å². The van der Waals surface area contributed by atoms with Crippen LogP contribution in [0.25, 0.3) is 0 Å². The van der Waals surface area contributed by atoms with Crippen LogP contribution >= 0.6 is 0 Å². The Morgan fingerprint density at radius 1 is 1.09 bits per heavy atom. The van der Waals surface area contributed by atoms with Crippen LogP contribution in [-0.4, -0.2) is 60.8 Å². The first kappa shape index (κ1) is 36.3. The lowest BCUT2D eigenvalue weighted by atomic mass is 9.34. The summed E-state index contributed by atoms with van der Waals surface area (Å²) in [7, 11) is 0. The first-order valence-electron chi connectivity index (χ1n) is 18.9. The van der Waals surface area contributed by atoms with E-state index in [1.54, 1.807) is 5.57 Å². The van der Waals surface area contributed by atoms with Crippen LogP contribution in [0.2, 0.25) is 0 Å². The first-order chi connectivity index (χ1) is 21.4. The van der Waals surface area contributed by atoms with E-state index in [1.807, 2.05) is 0 Å². The number of hydrogen-bond acceptors (Lipinski definition) is 5. The zero-order valence-corrected chi connectivity index (χ0v) is 31.3. The molecule has 6 nitrogen and oxygen atoms in total. The van der Waals surface area contributed by atoms with Crippen LogP contribution in [0.5, 0.6) is 0 Å². The number of allylic oxidation sites excluding steroid dienone is 1. The number of hydrogen-bond donors (Lipinski definition) is 3. The number of aliphatic hydroxyl groups excluding tert-OH is 1. The number of ether oxygens (including phenoxy) is 2. The Bertz CT molecular complexity index is 1170. The van der Waals surface area contributed by atoms with Crippen molar-refractivity contribution in [2.45, 2.75) is 133 Å². The van der Waals surface area contributed by atoms with E-state index < -0.39 is 5.97 Å². The van der Waals surface area contributed by atoms with E-state index in [0.29, 0.717) is 42.1 Å². The predicted octanol–water partition coefficient (Wildman–Crippen LogP) is 7.98. The van der Waals surface area contributed by atoms with Gasteiger partial charge in [0.1, 0.15) is 0 Å². The lowest BCUT2D eigenvalue weighted by Crippen LogP contribution is -2.69. The summed E-state index contributed by atoms with van der Waals surface area (Å²) in [6.45, 7) is 28.8. The molecule has 1 aliphatic heterocycles. The monoisotopic (exact) mass is 644 g/mol. The zero-order chi connectivity index (χ0) is 34.1. The van der Waals surface area contributed by atoms with Crippen LogP contribution in [0.4, 0.5) is 0 Å². The van der Waals surface area contributed by atoms with E-state index in [1.165, 1.54) is 0 Å². The van der Waals surface area contributed by atoms with Gasteiger partial charge in [0.2, 0.25) is 0 Å². The molecule has 3 N–H and O–H groups in total. The number of rotatable bonds is 11. The second-order valence-corrected chi connectivity index (χ2v) is 18.8. The van der Waals surface area contributed by atoms with E-state index in [-0.39, 0.29) is 51.2 Å². The minimum absolute atomic E-state index is 0.00492. The van der Waals surface area contributed by atoms with Crippen molar-refractivity contribution in [2.24, 2.45) is 68.5 Å². The molecule has 2 bridgehead atoms. The van der Waals surface area contributed by atoms with Crippen molar-refractivity contribution in [3.05, 3.63) is 11.6 Å². The Kier molecular flexibility index (Phi) is 9.82. The Labute approximate surface area is 281 Å². The lowest BCUT2D eigenvalue weighted by molar-refractivity contribution is -0.253. The van der Waals surface area contributed by atoms with E-state index in [4.69, 9.17) is 9.47 Å². The van der Waals surface area contributed by atoms with Crippen molar-refractivity contribution >= 4 is 5.97 Å². The fourth-order valence-electron chi connectivity index (χ4n) is 12.5. The number of carbonyl (C=O) groups is 1. The van der Waals surface area contributed by atoms with Crippen LogP contribution in [0.15, 0.2) is 11.6 Å². The van der Waals surface area contributed by atoms with Gasteiger partial charge in [0, 0.05) is 23.0 Å². The lowest BCUT2D eigenvalue weighted by Gasteiger charge is -2.71. The third-order valence-electron chi connectivity index (χ3n) is 16.1. The molecule has 5 rings (SSSR count). The van der Waals surface area contributed by atoms with Gasteiger partial charge in [-0.1, -0.05) is 80.9 Å². The van der Waals surface area contributed by atoms with Gasteiger partial charge in [0.15, 0.2) is 0 Å². The molecule has 12 atom stereocenters. The third-order valence-corrected chi connectivity index (χ3v) is 16.1. The van der Waals surface area contributed by atoms with Crippen LogP contribution in [0.3, 0.4) is 0 Å². The molecule has 0 aromatic rings. The van der Waals surface area contributed by atoms with Gasteiger partial charge < -0.3 is 25.0 Å². The van der Waals surface area contributed by atoms with E-state index in [9.17, 15) is 15.0 Å². The second kappa shape index (κ2) is 12.4. The molecule has 264 valence electrons. The van der Waals surface area contributed by atoms with Crippen molar-refractivity contribution in [3.63, 3.8) is 0 Å².